The Morgan fingerprint density at radius 1 is 1.14 bits per heavy atom. The number of amides is 1. The van der Waals surface area contributed by atoms with Gasteiger partial charge >= 0.3 is 6.18 Å². The molecule has 0 saturated carbocycles. The molecule has 2 aromatic carbocycles. The summed E-state index contributed by atoms with van der Waals surface area (Å²) < 4.78 is 36.1. The van der Waals surface area contributed by atoms with Crippen LogP contribution in [0, 0.1) is 0 Å². The summed E-state index contributed by atoms with van der Waals surface area (Å²) in [6.07, 6.45) is -4.39. The number of fused-ring (bicyclic) bond motifs is 1. The van der Waals surface area contributed by atoms with Crippen molar-refractivity contribution in [1.82, 2.24) is 5.32 Å². The highest BCUT2D eigenvalue weighted by molar-refractivity contribution is 5.87. The van der Waals surface area contributed by atoms with E-state index >= 15 is 0 Å². The van der Waals surface area contributed by atoms with E-state index in [4.69, 9.17) is 0 Å². The van der Waals surface area contributed by atoms with Crippen LogP contribution >= 0.6 is 0 Å². The zero-order valence-corrected chi connectivity index (χ0v) is 11.4. The van der Waals surface area contributed by atoms with Gasteiger partial charge in [0.15, 0.2) is 0 Å². The van der Waals surface area contributed by atoms with Gasteiger partial charge in [-0.2, -0.15) is 13.2 Å². The van der Waals surface area contributed by atoms with Crippen molar-refractivity contribution in [3.8, 4) is 0 Å². The fourth-order valence-electron chi connectivity index (χ4n) is 1.98. The van der Waals surface area contributed by atoms with Crippen LogP contribution in [0.15, 0.2) is 42.5 Å². The molecular weight excluding hydrogens is 281 g/mol. The number of likely N-dealkylation sites (N-methyl/N-ethyl adjacent to an activating group) is 1. The maximum Gasteiger partial charge on any atom is 0.405 e. The van der Waals surface area contributed by atoms with Crippen LogP contribution in [0.5, 0.6) is 0 Å². The molecule has 0 bridgehead atoms. The minimum Gasteiger partial charge on any atom is -0.365 e. The second kappa shape index (κ2) is 6.03. The second-order valence-electron chi connectivity index (χ2n) is 4.78. The molecule has 1 N–H and O–H groups in total. The number of carbonyl (C=O) groups is 1. The molecule has 0 fully saturated rings. The Morgan fingerprint density at radius 3 is 2.48 bits per heavy atom. The molecule has 0 atom stereocenters. The molecule has 0 aliphatic heterocycles. The van der Waals surface area contributed by atoms with Gasteiger partial charge in [0.05, 0.1) is 6.54 Å². The number of anilines is 1. The number of carbonyl (C=O) groups excluding carboxylic acids is 1. The lowest BCUT2D eigenvalue weighted by molar-refractivity contribution is -0.137. The molecule has 0 spiro atoms. The fraction of sp³-hybridized carbons (Fsp3) is 0.267. The average molecular weight is 296 g/mol. The van der Waals surface area contributed by atoms with Gasteiger partial charge in [-0.25, -0.2) is 0 Å². The lowest BCUT2D eigenvalue weighted by atomic mass is 10.1. The van der Waals surface area contributed by atoms with Crippen molar-refractivity contribution in [2.24, 2.45) is 0 Å². The summed E-state index contributed by atoms with van der Waals surface area (Å²) in [4.78, 5) is 13.1. The quantitative estimate of drug-likeness (QED) is 0.941. The molecule has 112 valence electrons. The summed E-state index contributed by atoms with van der Waals surface area (Å²) >= 11 is 0. The Morgan fingerprint density at radius 2 is 1.81 bits per heavy atom. The number of hydrogen-bond acceptors (Lipinski definition) is 2. The summed E-state index contributed by atoms with van der Waals surface area (Å²) in [5, 5.41) is 3.93. The monoisotopic (exact) mass is 296 g/mol. The number of nitrogens with zero attached hydrogens (tertiary/aromatic N) is 1. The number of halogens is 3. The zero-order valence-electron chi connectivity index (χ0n) is 11.4. The molecule has 0 aliphatic rings. The first-order chi connectivity index (χ1) is 9.85. The minimum atomic E-state index is -4.39. The van der Waals surface area contributed by atoms with Crippen molar-refractivity contribution < 1.29 is 18.0 Å². The molecule has 0 heterocycles. The first-order valence-corrected chi connectivity index (χ1v) is 6.38. The van der Waals surface area contributed by atoms with E-state index < -0.39 is 18.6 Å². The van der Waals surface area contributed by atoms with Gasteiger partial charge in [-0.05, 0) is 22.9 Å². The van der Waals surface area contributed by atoms with E-state index in [1.165, 1.54) is 0 Å². The standard InChI is InChI=1S/C15H15F3N2O/c1-20(9-14(21)19-10-15(16,17)18)13-7-6-11-4-2-3-5-12(11)8-13/h2-8H,9-10H2,1H3,(H,19,21). The number of nitrogens with one attached hydrogen (secondary N) is 1. The largest absolute Gasteiger partial charge is 0.405 e. The fourth-order valence-corrected chi connectivity index (χ4v) is 1.98. The highest BCUT2D eigenvalue weighted by atomic mass is 19.4. The van der Waals surface area contributed by atoms with Crippen LogP contribution in [0.25, 0.3) is 10.8 Å². The average Bonchev–Trinajstić information content (AvgIpc) is 2.44. The lowest BCUT2D eigenvalue weighted by Crippen LogP contribution is -2.39. The Labute approximate surface area is 120 Å². The Balaban J connectivity index is 2.01. The van der Waals surface area contributed by atoms with Crippen molar-refractivity contribution in [3.05, 3.63) is 42.5 Å². The van der Waals surface area contributed by atoms with Crippen molar-refractivity contribution in [2.75, 3.05) is 25.0 Å². The van der Waals surface area contributed by atoms with E-state index in [1.54, 1.807) is 11.9 Å². The van der Waals surface area contributed by atoms with Gasteiger partial charge in [0.1, 0.15) is 6.54 Å². The summed E-state index contributed by atoms with van der Waals surface area (Å²) in [7, 11) is 1.66. The van der Waals surface area contributed by atoms with Crippen molar-refractivity contribution >= 4 is 22.4 Å². The van der Waals surface area contributed by atoms with Crippen molar-refractivity contribution in [2.45, 2.75) is 6.18 Å². The maximum atomic E-state index is 12.0. The number of hydrogen-bond donors (Lipinski definition) is 1. The molecule has 6 heteroatoms. The molecule has 2 aromatic rings. The van der Waals surface area contributed by atoms with Crippen molar-refractivity contribution in [3.63, 3.8) is 0 Å². The van der Waals surface area contributed by atoms with E-state index in [9.17, 15) is 18.0 Å². The topological polar surface area (TPSA) is 32.3 Å². The number of rotatable bonds is 4. The molecule has 21 heavy (non-hydrogen) atoms. The van der Waals surface area contributed by atoms with Gasteiger partial charge < -0.3 is 10.2 Å². The van der Waals surface area contributed by atoms with E-state index in [0.29, 0.717) is 0 Å². The van der Waals surface area contributed by atoms with Crippen LogP contribution in [0.3, 0.4) is 0 Å². The van der Waals surface area contributed by atoms with E-state index in [2.05, 4.69) is 0 Å². The predicted molar refractivity (Wildman–Crippen MR) is 76.3 cm³/mol. The minimum absolute atomic E-state index is 0.131. The third-order valence-electron chi connectivity index (χ3n) is 3.04. The normalized spacial score (nSPS) is 11.4. The van der Waals surface area contributed by atoms with Gasteiger partial charge in [0, 0.05) is 12.7 Å². The SMILES string of the molecule is CN(CC(=O)NCC(F)(F)F)c1ccc2ccccc2c1. The number of benzene rings is 2. The van der Waals surface area contributed by atoms with Crippen LogP contribution in [0.4, 0.5) is 18.9 Å². The zero-order chi connectivity index (χ0) is 15.5. The van der Waals surface area contributed by atoms with Gasteiger partial charge in [0.25, 0.3) is 0 Å². The molecule has 0 aliphatic carbocycles. The van der Waals surface area contributed by atoms with Crippen LogP contribution in [-0.2, 0) is 4.79 Å². The molecule has 2 rings (SSSR count). The van der Waals surface area contributed by atoms with Crippen LogP contribution < -0.4 is 10.2 Å². The summed E-state index contributed by atoms with van der Waals surface area (Å²) in [6.45, 7) is -1.44. The van der Waals surface area contributed by atoms with Gasteiger partial charge in [-0.1, -0.05) is 30.3 Å². The summed E-state index contributed by atoms with van der Waals surface area (Å²) in [5.74, 6) is -0.664. The molecule has 0 radical (unpaired) electrons. The molecule has 3 nitrogen and oxygen atoms in total. The Hall–Kier alpha value is -2.24. The van der Waals surface area contributed by atoms with Crippen LogP contribution in [-0.4, -0.2) is 32.2 Å². The van der Waals surface area contributed by atoms with Crippen LogP contribution in [0.2, 0.25) is 0 Å². The third-order valence-corrected chi connectivity index (χ3v) is 3.04. The first-order valence-electron chi connectivity index (χ1n) is 6.38. The summed E-state index contributed by atoms with van der Waals surface area (Å²) in [6, 6.07) is 13.4. The van der Waals surface area contributed by atoms with Gasteiger partial charge in [0.2, 0.25) is 5.91 Å². The smallest absolute Gasteiger partial charge is 0.365 e. The maximum absolute atomic E-state index is 12.0. The molecule has 1 amide bonds. The summed E-state index contributed by atoms with van der Waals surface area (Å²) in [5.41, 5.74) is 0.774. The second-order valence-corrected chi connectivity index (χ2v) is 4.78. The lowest BCUT2D eigenvalue weighted by Gasteiger charge is -2.19. The van der Waals surface area contributed by atoms with E-state index in [1.807, 2.05) is 47.8 Å². The van der Waals surface area contributed by atoms with E-state index in [-0.39, 0.29) is 6.54 Å². The predicted octanol–water partition coefficient (Wildman–Crippen LogP) is 2.95. The van der Waals surface area contributed by atoms with Crippen LogP contribution in [0.1, 0.15) is 0 Å². The highest BCUT2D eigenvalue weighted by Crippen LogP contribution is 2.21. The molecular formula is C15H15F3N2O. The third kappa shape index (κ3) is 4.37. The molecule has 0 aromatic heterocycles. The molecule has 0 unspecified atom stereocenters. The Bertz CT molecular complexity index is 640. The Kier molecular flexibility index (Phi) is 4.35. The van der Waals surface area contributed by atoms with E-state index in [0.717, 1.165) is 16.5 Å². The van der Waals surface area contributed by atoms with Gasteiger partial charge in [-0.3, -0.25) is 4.79 Å². The number of alkyl halides is 3. The first kappa shape index (κ1) is 15.2. The highest BCUT2D eigenvalue weighted by Gasteiger charge is 2.27. The molecule has 0 saturated heterocycles. The van der Waals surface area contributed by atoms with Gasteiger partial charge in [-0.15, -0.1) is 0 Å². The van der Waals surface area contributed by atoms with Crippen molar-refractivity contribution in [1.29, 1.82) is 0 Å².